The van der Waals surface area contributed by atoms with Crippen LogP contribution in [0.25, 0.3) is 0 Å². The van der Waals surface area contributed by atoms with E-state index in [1.54, 1.807) is 30.5 Å². The number of benzene rings is 1. The third-order valence-corrected chi connectivity index (χ3v) is 6.45. The maximum Gasteiger partial charge on any atom is 0.255 e. The average molecular weight is 419 g/mol. The highest BCUT2D eigenvalue weighted by Gasteiger charge is 2.32. The minimum atomic E-state index is -3.61. The SMILES string of the molecule is C[C@@H]1CN(S(=O)(=O)c2ccc(NC(=O)c3ccnc(N(C)C)c3)cc2)C[C@H](C)O1. The molecule has 0 saturated carbocycles. The van der Waals surface area contributed by atoms with Gasteiger partial charge in [-0.15, -0.1) is 0 Å². The first-order valence-corrected chi connectivity index (χ1v) is 10.8. The van der Waals surface area contributed by atoms with Crippen molar-refractivity contribution in [1.82, 2.24) is 9.29 Å². The van der Waals surface area contributed by atoms with Crippen molar-refractivity contribution in [1.29, 1.82) is 0 Å². The summed E-state index contributed by atoms with van der Waals surface area (Å²) in [5, 5.41) is 2.78. The fourth-order valence-corrected chi connectivity index (χ4v) is 4.78. The molecular formula is C20H26N4O4S. The number of sulfonamides is 1. The van der Waals surface area contributed by atoms with Crippen LogP contribution in [0.2, 0.25) is 0 Å². The van der Waals surface area contributed by atoms with Crippen LogP contribution in [0.4, 0.5) is 11.5 Å². The standard InChI is InChI=1S/C20H26N4O4S/c1-14-12-24(13-15(2)28-14)29(26,27)18-7-5-17(6-8-18)22-20(25)16-9-10-21-19(11-16)23(3)4/h5-11,14-15H,12-13H2,1-4H3,(H,22,25)/t14-,15+. The normalized spacial score (nSPS) is 20.3. The van der Waals surface area contributed by atoms with Crippen molar-refractivity contribution in [3.05, 3.63) is 48.2 Å². The fourth-order valence-electron chi connectivity index (χ4n) is 3.19. The molecule has 0 radical (unpaired) electrons. The molecule has 0 aliphatic carbocycles. The van der Waals surface area contributed by atoms with Gasteiger partial charge in [0.15, 0.2) is 0 Å². The van der Waals surface area contributed by atoms with Crippen LogP contribution in [0.1, 0.15) is 24.2 Å². The van der Waals surface area contributed by atoms with Crippen LogP contribution in [-0.2, 0) is 14.8 Å². The Bertz CT molecular complexity index is 966. The third kappa shape index (κ3) is 4.92. The molecule has 3 rings (SSSR count). The van der Waals surface area contributed by atoms with Crippen LogP contribution in [0.3, 0.4) is 0 Å². The summed E-state index contributed by atoms with van der Waals surface area (Å²) in [6, 6.07) is 9.51. The Labute approximate surface area is 171 Å². The monoisotopic (exact) mass is 418 g/mol. The van der Waals surface area contributed by atoms with E-state index in [2.05, 4.69) is 10.3 Å². The van der Waals surface area contributed by atoms with E-state index in [4.69, 9.17) is 4.74 Å². The molecule has 1 saturated heterocycles. The number of hydrogen-bond donors (Lipinski definition) is 1. The van der Waals surface area contributed by atoms with Crippen molar-refractivity contribution in [3.8, 4) is 0 Å². The first kappa shape index (κ1) is 21.2. The number of anilines is 2. The number of ether oxygens (including phenoxy) is 1. The summed E-state index contributed by atoms with van der Waals surface area (Å²) in [6.45, 7) is 4.36. The lowest BCUT2D eigenvalue weighted by molar-refractivity contribution is -0.0440. The zero-order chi connectivity index (χ0) is 21.2. The van der Waals surface area contributed by atoms with Gasteiger partial charge in [0.05, 0.1) is 17.1 Å². The summed E-state index contributed by atoms with van der Waals surface area (Å²) >= 11 is 0. The van der Waals surface area contributed by atoms with Gasteiger partial charge in [-0.2, -0.15) is 4.31 Å². The van der Waals surface area contributed by atoms with Gasteiger partial charge in [-0.3, -0.25) is 4.79 Å². The molecule has 1 aromatic heterocycles. The molecule has 29 heavy (non-hydrogen) atoms. The highest BCUT2D eigenvalue weighted by molar-refractivity contribution is 7.89. The van der Waals surface area contributed by atoms with Gasteiger partial charge in [-0.05, 0) is 50.2 Å². The number of morpholine rings is 1. The molecule has 1 N–H and O–H groups in total. The van der Waals surface area contributed by atoms with Crippen molar-refractivity contribution < 1.29 is 17.9 Å². The summed E-state index contributed by atoms with van der Waals surface area (Å²) in [6.07, 6.45) is 1.27. The zero-order valence-corrected chi connectivity index (χ0v) is 17.8. The van der Waals surface area contributed by atoms with Crippen LogP contribution >= 0.6 is 0 Å². The Balaban J connectivity index is 1.73. The molecule has 2 atom stereocenters. The first-order chi connectivity index (χ1) is 13.7. The molecular weight excluding hydrogens is 392 g/mol. The second-order valence-electron chi connectivity index (χ2n) is 7.35. The van der Waals surface area contributed by atoms with Crippen LogP contribution < -0.4 is 10.2 Å². The molecule has 1 fully saturated rings. The molecule has 1 amide bonds. The average Bonchev–Trinajstić information content (AvgIpc) is 2.67. The summed E-state index contributed by atoms with van der Waals surface area (Å²) in [7, 11) is 0.0792. The van der Waals surface area contributed by atoms with Gasteiger partial charge in [0.1, 0.15) is 5.82 Å². The number of hydrogen-bond acceptors (Lipinski definition) is 6. The highest BCUT2D eigenvalue weighted by atomic mass is 32.2. The second kappa shape index (κ2) is 8.48. The fraction of sp³-hybridized carbons (Fsp3) is 0.400. The minimum Gasteiger partial charge on any atom is -0.373 e. The number of nitrogens with zero attached hydrogens (tertiary/aromatic N) is 3. The van der Waals surface area contributed by atoms with E-state index < -0.39 is 10.0 Å². The molecule has 1 aliphatic rings. The molecule has 2 aromatic rings. The van der Waals surface area contributed by atoms with Crippen LogP contribution in [-0.4, -0.2) is 63.0 Å². The smallest absolute Gasteiger partial charge is 0.255 e. The Morgan fingerprint density at radius 1 is 1.14 bits per heavy atom. The number of pyridine rings is 1. The molecule has 1 aromatic carbocycles. The first-order valence-electron chi connectivity index (χ1n) is 9.37. The molecule has 156 valence electrons. The Morgan fingerprint density at radius 3 is 2.34 bits per heavy atom. The van der Waals surface area contributed by atoms with Crippen molar-refractivity contribution in [2.75, 3.05) is 37.4 Å². The van der Waals surface area contributed by atoms with E-state index >= 15 is 0 Å². The van der Waals surface area contributed by atoms with E-state index in [0.717, 1.165) is 0 Å². The molecule has 0 unspecified atom stereocenters. The van der Waals surface area contributed by atoms with E-state index in [-0.39, 0.29) is 23.0 Å². The minimum absolute atomic E-state index is 0.153. The van der Waals surface area contributed by atoms with Crippen LogP contribution in [0.15, 0.2) is 47.5 Å². The van der Waals surface area contributed by atoms with Crippen molar-refractivity contribution in [2.45, 2.75) is 31.0 Å². The van der Waals surface area contributed by atoms with Crippen molar-refractivity contribution in [3.63, 3.8) is 0 Å². The number of amides is 1. The third-order valence-electron chi connectivity index (χ3n) is 4.60. The van der Waals surface area contributed by atoms with E-state index in [0.29, 0.717) is 30.2 Å². The molecule has 0 spiro atoms. The van der Waals surface area contributed by atoms with Crippen molar-refractivity contribution in [2.24, 2.45) is 0 Å². The van der Waals surface area contributed by atoms with Gasteiger partial charge in [0.2, 0.25) is 10.0 Å². The van der Waals surface area contributed by atoms with Gasteiger partial charge in [0.25, 0.3) is 5.91 Å². The Morgan fingerprint density at radius 2 is 1.76 bits per heavy atom. The summed E-state index contributed by atoms with van der Waals surface area (Å²) < 4.78 is 32.9. The van der Waals surface area contributed by atoms with Gasteiger partial charge < -0.3 is 15.0 Å². The number of nitrogens with one attached hydrogen (secondary N) is 1. The van der Waals surface area contributed by atoms with E-state index in [9.17, 15) is 13.2 Å². The summed E-state index contributed by atoms with van der Waals surface area (Å²) in [4.78, 5) is 18.7. The van der Waals surface area contributed by atoms with Crippen LogP contribution in [0.5, 0.6) is 0 Å². The van der Waals surface area contributed by atoms with Gasteiger partial charge >= 0.3 is 0 Å². The predicted octanol–water partition coefficient (Wildman–Crippen LogP) is 2.20. The second-order valence-corrected chi connectivity index (χ2v) is 9.29. The highest BCUT2D eigenvalue weighted by Crippen LogP contribution is 2.23. The lowest BCUT2D eigenvalue weighted by atomic mass is 10.2. The lowest BCUT2D eigenvalue weighted by Crippen LogP contribution is -2.48. The lowest BCUT2D eigenvalue weighted by Gasteiger charge is -2.34. The number of aromatic nitrogens is 1. The maximum absolute atomic E-state index is 12.9. The predicted molar refractivity (Wildman–Crippen MR) is 112 cm³/mol. The Kier molecular flexibility index (Phi) is 6.21. The largest absolute Gasteiger partial charge is 0.373 e. The van der Waals surface area contributed by atoms with E-state index in [1.807, 2.05) is 32.8 Å². The van der Waals surface area contributed by atoms with Gasteiger partial charge in [-0.25, -0.2) is 13.4 Å². The maximum atomic E-state index is 12.9. The number of carbonyl (C=O) groups is 1. The van der Waals surface area contributed by atoms with Gasteiger partial charge in [-0.1, -0.05) is 0 Å². The Hall–Kier alpha value is -2.49. The number of rotatable bonds is 5. The molecule has 1 aliphatic heterocycles. The van der Waals surface area contributed by atoms with Gasteiger partial charge in [0, 0.05) is 44.6 Å². The quantitative estimate of drug-likeness (QED) is 0.800. The number of carbonyl (C=O) groups excluding carboxylic acids is 1. The zero-order valence-electron chi connectivity index (χ0n) is 17.0. The topological polar surface area (TPSA) is 91.8 Å². The molecule has 8 nitrogen and oxygen atoms in total. The summed E-state index contributed by atoms with van der Waals surface area (Å²) in [5.74, 6) is 0.384. The molecule has 9 heteroatoms. The molecule has 0 bridgehead atoms. The van der Waals surface area contributed by atoms with Crippen molar-refractivity contribution >= 4 is 27.4 Å². The van der Waals surface area contributed by atoms with E-state index in [1.165, 1.54) is 16.4 Å². The summed E-state index contributed by atoms with van der Waals surface area (Å²) in [5.41, 5.74) is 0.984. The molecule has 2 heterocycles. The van der Waals surface area contributed by atoms with Crippen LogP contribution in [0, 0.1) is 0 Å².